The maximum atomic E-state index is 11.5. The molecule has 2 aliphatic rings. The van der Waals surface area contributed by atoms with Crippen LogP contribution in [0.2, 0.25) is 0 Å². The summed E-state index contributed by atoms with van der Waals surface area (Å²) in [5.41, 5.74) is 1.50. The molecule has 0 aromatic heterocycles. The van der Waals surface area contributed by atoms with Crippen LogP contribution in [0.25, 0.3) is 0 Å². The van der Waals surface area contributed by atoms with Gasteiger partial charge in [-0.3, -0.25) is 0 Å². The Morgan fingerprint density at radius 3 is 2.24 bits per heavy atom. The molecule has 25 heavy (non-hydrogen) atoms. The SMILES string of the molecule is CCCC1CCC(C2COC(c3ccc(C(=O)OC)cc3)OC2)CC1. The third-order valence-electron chi connectivity index (χ3n) is 5.78. The van der Waals surface area contributed by atoms with Crippen molar-refractivity contribution in [1.29, 1.82) is 0 Å². The number of carbonyl (C=O) groups is 1. The Labute approximate surface area is 150 Å². The minimum absolute atomic E-state index is 0.320. The normalized spacial score (nSPS) is 30.0. The van der Waals surface area contributed by atoms with Crippen molar-refractivity contribution in [3.8, 4) is 0 Å². The van der Waals surface area contributed by atoms with Crippen LogP contribution in [0.15, 0.2) is 24.3 Å². The molecule has 2 fully saturated rings. The molecule has 1 saturated heterocycles. The predicted molar refractivity (Wildman–Crippen MR) is 96.3 cm³/mol. The Hall–Kier alpha value is -1.39. The van der Waals surface area contributed by atoms with Gasteiger partial charge in [0.05, 0.1) is 25.9 Å². The molecule has 0 amide bonds. The molecule has 4 heteroatoms. The van der Waals surface area contributed by atoms with Crippen LogP contribution in [0.3, 0.4) is 0 Å². The van der Waals surface area contributed by atoms with Gasteiger partial charge in [0.2, 0.25) is 0 Å². The summed E-state index contributed by atoms with van der Waals surface area (Å²) in [4.78, 5) is 11.5. The first-order chi connectivity index (χ1) is 12.2. The molecule has 0 N–H and O–H groups in total. The Balaban J connectivity index is 1.48. The summed E-state index contributed by atoms with van der Waals surface area (Å²) < 4.78 is 16.7. The van der Waals surface area contributed by atoms with Crippen molar-refractivity contribution in [3.05, 3.63) is 35.4 Å². The first kappa shape index (κ1) is 18.4. The summed E-state index contributed by atoms with van der Waals surface area (Å²) in [5.74, 6) is 1.88. The molecule has 1 aromatic rings. The summed E-state index contributed by atoms with van der Waals surface area (Å²) in [6.45, 7) is 3.83. The molecule has 1 aliphatic heterocycles. The Morgan fingerprint density at radius 1 is 1.04 bits per heavy atom. The quantitative estimate of drug-likeness (QED) is 0.722. The lowest BCUT2D eigenvalue weighted by atomic mass is 9.75. The van der Waals surface area contributed by atoms with Gasteiger partial charge in [0.15, 0.2) is 6.29 Å². The minimum Gasteiger partial charge on any atom is -0.465 e. The van der Waals surface area contributed by atoms with E-state index >= 15 is 0 Å². The zero-order chi connectivity index (χ0) is 17.6. The van der Waals surface area contributed by atoms with Crippen LogP contribution >= 0.6 is 0 Å². The van der Waals surface area contributed by atoms with E-state index in [-0.39, 0.29) is 12.3 Å². The van der Waals surface area contributed by atoms with E-state index in [0.717, 1.165) is 30.6 Å². The number of hydrogen-bond donors (Lipinski definition) is 0. The number of esters is 1. The molecular formula is C21H30O4. The van der Waals surface area contributed by atoms with Crippen molar-refractivity contribution in [1.82, 2.24) is 0 Å². The standard InChI is InChI=1S/C21H30O4/c1-3-4-15-5-7-16(8-6-15)19-13-24-21(25-14-19)18-11-9-17(10-12-18)20(22)23-2/h9-12,15-16,19,21H,3-8,13-14H2,1-2H3. The van der Waals surface area contributed by atoms with Gasteiger partial charge in [-0.05, 0) is 36.8 Å². The second kappa shape index (κ2) is 8.81. The molecule has 1 aliphatic carbocycles. The maximum absolute atomic E-state index is 11.5. The summed E-state index contributed by atoms with van der Waals surface area (Å²) in [6.07, 6.45) is 7.75. The van der Waals surface area contributed by atoms with Gasteiger partial charge >= 0.3 is 5.97 Å². The van der Waals surface area contributed by atoms with Gasteiger partial charge in [0, 0.05) is 11.5 Å². The second-order valence-electron chi connectivity index (χ2n) is 7.44. The highest BCUT2D eigenvalue weighted by atomic mass is 16.7. The molecule has 0 radical (unpaired) electrons. The van der Waals surface area contributed by atoms with Gasteiger partial charge in [0.25, 0.3) is 0 Å². The van der Waals surface area contributed by atoms with E-state index in [0.29, 0.717) is 11.5 Å². The monoisotopic (exact) mass is 346 g/mol. The van der Waals surface area contributed by atoms with E-state index in [1.807, 2.05) is 12.1 Å². The van der Waals surface area contributed by atoms with Gasteiger partial charge in [-0.1, -0.05) is 44.7 Å². The van der Waals surface area contributed by atoms with Crippen molar-refractivity contribution in [2.24, 2.45) is 17.8 Å². The average molecular weight is 346 g/mol. The third kappa shape index (κ3) is 4.62. The van der Waals surface area contributed by atoms with Crippen LogP contribution in [0.5, 0.6) is 0 Å². The summed E-state index contributed by atoms with van der Waals surface area (Å²) in [6, 6.07) is 7.28. The smallest absolute Gasteiger partial charge is 0.337 e. The lowest BCUT2D eigenvalue weighted by Gasteiger charge is -2.37. The average Bonchev–Trinajstić information content (AvgIpc) is 2.68. The van der Waals surface area contributed by atoms with E-state index in [1.54, 1.807) is 12.1 Å². The lowest BCUT2D eigenvalue weighted by Crippen LogP contribution is -2.34. The van der Waals surface area contributed by atoms with Crippen LogP contribution in [0.1, 0.15) is 67.7 Å². The lowest BCUT2D eigenvalue weighted by molar-refractivity contribution is -0.214. The van der Waals surface area contributed by atoms with Gasteiger partial charge in [-0.2, -0.15) is 0 Å². The van der Waals surface area contributed by atoms with Crippen LogP contribution in [0.4, 0.5) is 0 Å². The molecule has 0 bridgehead atoms. The number of hydrogen-bond acceptors (Lipinski definition) is 4. The first-order valence-corrected chi connectivity index (χ1v) is 9.62. The maximum Gasteiger partial charge on any atom is 0.337 e. The minimum atomic E-state index is -0.323. The van der Waals surface area contributed by atoms with E-state index in [1.165, 1.54) is 45.6 Å². The van der Waals surface area contributed by atoms with E-state index in [4.69, 9.17) is 14.2 Å². The number of methoxy groups -OCH3 is 1. The Kier molecular flexibility index (Phi) is 6.49. The molecule has 1 heterocycles. The Bertz CT molecular complexity index is 538. The molecule has 0 spiro atoms. The zero-order valence-electron chi connectivity index (χ0n) is 15.4. The van der Waals surface area contributed by atoms with Gasteiger partial charge in [0.1, 0.15) is 0 Å². The number of carbonyl (C=O) groups excluding carboxylic acids is 1. The van der Waals surface area contributed by atoms with Crippen LogP contribution in [0, 0.1) is 17.8 Å². The molecular weight excluding hydrogens is 316 g/mol. The fraction of sp³-hybridized carbons (Fsp3) is 0.667. The topological polar surface area (TPSA) is 44.8 Å². The fourth-order valence-corrected chi connectivity index (χ4v) is 4.23. The molecule has 4 nitrogen and oxygen atoms in total. The predicted octanol–water partition coefficient (Wildman–Crippen LogP) is 4.74. The largest absolute Gasteiger partial charge is 0.465 e. The van der Waals surface area contributed by atoms with Crippen molar-refractivity contribution in [2.45, 2.75) is 51.7 Å². The van der Waals surface area contributed by atoms with Crippen LogP contribution in [-0.4, -0.2) is 26.3 Å². The highest BCUT2D eigenvalue weighted by Gasteiger charge is 2.32. The highest BCUT2D eigenvalue weighted by molar-refractivity contribution is 5.89. The molecule has 138 valence electrons. The van der Waals surface area contributed by atoms with Crippen LogP contribution < -0.4 is 0 Å². The van der Waals surface area contributed by atoms with Gasteiger partial charge in [-0.25, -0.2) is 4.79 Å². The summed E-state index contributed by atoms with van der Waals surface area (Å²) in [5, 5.41) is 0. The molecule has 1 saturated carbocycles. The molecule has 3 rings (SSSR count). The van der Waals surface area contributed by atoms with Crippen molar-refractivity contribution in [2.75, 3.05) is 20.3 Å². The summed E-state index contributed by atoms with van der Waals surface area (Å²) >= 11 is 0. The van der Waals surface area contributed by atoms with Gasteiger partial charge < -0.3 is 14.2 Å². The fourth-order valence-electron chi connectivity index (χ4n) is 4.23. The van der Waals surface area contributed by atoms with Crippen molar-refractivity contribution >= 4 is 5.97 Å². The zero-order valence-corrected chi connectivity index (χ0v) is 15.4. The van der Waals surface area contributed by atoms with Crippen LogP contribution in [-0.2, 0) is 14.2 Å². The number of rotatable bonds is 5. The van der Waals surface area contributed by atoms with E-state index in [9.17, 15) is 4.79 Å². The molecule has 0 unspecified atom stereocenters. The number of benzene rings is 1. The third-order valence-corrected chi connectivity index (χ3v) is 5.78. The number of ether oxygens (including phenoxy) is 3. The van der Waals surface area contributed by atoms with E-state index in [2.05, 4.69) is 6.92 Å². The first-order valence-electron chi connectivity index (χ1n) is 9.62. The van der Waals surface area contributed by atoms with Crippen molar-refractivity contribution < 1.29 is 19.0 Å². The van der Waals surface area contributed by atoms with E-state index < -0.39 is 0 Å². The summed E-state index contributed by atoms with van der Waals surface area (Å²) in [7, 11) is 1.39. The van der Waals surface area contributed by atoms with Gasteiger partial charge in [-0.15, -0.1) is 0 Å². The Morgan fingerprint density at radius 2 is 1.68 bits per heavy atom. The molecule has 1 aromatic carbocycles. The highest BCUT2D eigenvalue weighted by Crippen LogP contribution is 2.38. The molecule has 0 atom stereocenters. The second-order valence-corrected chi connectivity index (χ2v) is 7.44. The van der Waals surface area contributed by atoms with Crippen molar-refractivity contribution in [3.63, 3.8) is 0 Å².